The van der Waals surface area contributed by atoms with Crippen LogP contribution in [0, 0.1) is 0 Å². The molecular weight excluding hydrogens is 793 g/mol. The molecule has 0 amide bonds. The Morgan fingerprint density at radius 1 is 0.297 bits per heavy atom. The van der Waals surface area contributed by atoms with E-state index in [0.717, 1.165) is 64.2 Å². The second-order valence-corrected chi connectivity index (χ2v) is 19.6. The molecule has 1 unspecified atom stereocenters. The molecule has 64 heavy (non-hydrogen) atoms. The third kappa shape index (κ3) is 51.1. The van der Waals surface area contributed by atoms with Crippen molar-refractivity contribution in [2.24, 2.45) is 0 Å². The zero-order chi connectivity index (χ0) is 46.5. The van der Waals surface area contributed by atoms with Crippen molar-refractivity contribution < 1.29 is 28.6 Å². The summed E-state index contributed by atoms with van der Waals surface area (Å²) in [6.07, 6.45) is 60.5. The molecule has 1 atom stereocenters. The van der Waals surface area contributed by atoms with Crippen LogP contribution < -0.4 is 0 Å². The van der Waals surface area contributed by atoms with Crippen LogP contribution in [-0.2, 0) is 28.6 Å². The van der Waals surface area contributed by atoms with Crippen molar-refractivity contribution in [3.05, 3.63) is 12.2 Å². The van der Waals surface area contributed by atoms with E-state index < -0.39 is 6.10 Å². The van der Waals surface area contributed by atoms with Crippen LogP contribution in [0.4, 0.5) is 0 Å². The Bertz CT molecular complexity index is 993. The van der Waals surface area contributed by atoms with Crippen molar-refractivity contribution in [2.45, 2.75) is 329 Å². The molecule has 0 aromatic rings. The lowest BCUT2D eigenvalue weighted by Crippen LogP contribution is -2.30. The number of hydrogen-bond donors (Lipinski definition) is 0. The van der Waals surface area contributed by atoms with Crippen molar-refractivity contribution in [3.63, 3.8) is 0 Å². The number of carbonyl (C=O) groups is 3. The zero-order valence-corrected chi connectivity index (χ0v) is 43.3. The normalized spacial score (nSPS) is 12.0. The average molecular weight is 904 g/mol. The zero-order valence-electron chi connectivity index (χ0n) is 43.3. The van der Waals surface area contributed by atoms with Gasteiger partial charge >= 0.3 is 17.9 Å². The number of allylic oxidation sites excluding steroid dienone is 2. The molecule has 0 aliphatic carbocycles. The minimum Gasteiger partial charge on any atom is -0.462 e. The average Bonchev–Trinajstić information content (AvgIpc) is 3.29. The number of rotatable bonds is 53. The minimum atomic E-state index is -0.768. The third-order valence-electron chi connectivity index (χ3n) is 13.0. The summed E-state index contributed by atoms with van der Waals surface area (Å²) in [5, 5.41) is 0. The first-order valence-corrected chi connectivity index (χ1v) is 28.7. The van der Waals surface area contributed by atoms with E-state index in [1.54, 1.807) is 0 Å². The molecule has 0 radical (unpaired) electrons. The fourth-order valence-corrected chi connectivity index (χ4v) is 8.68. The summed E-state index contributed by atoms with van der Waals surface area (Å²) in [7, 11) is 0. The Morgan fingerprint density at radius 2 is 0.516 bits per heavy atom. The number of unbranched alkanes of at least 4 members (excludes halogenated alkanes) is 40. The van der Waals surface area contributed by atoms with Gasteiger partial charge in [0, 0.05) is 19.3 Å². The van der Waals surface area contributed by atoms with Crippen LogP contribution in [0.25, 0.3) is 0 Å². The van der Waals surface area contributed by atoms with Crippen molar-refractivity contribution in [2.75, 3.05) is 13.2 Å². The van der Waals surface area contributed by atoms with Gasteiger partial charge in [-0.2, -0.15) is 0 Å². The number of esters is 3. The van der Waals surface area contributed by atoms with Gasteiger partial charge in [-0.3, -0.25) is 14.4 Å². The molecule has 0 fully saturated rings. The van der Waals surface area contributed by atoms with Crippen molar-refractivity contribution in [1.82, 2.24) is 0 Å². The highest BCUT2D eigenvalue weighted by molar-refractivity contribution is 5.71. The van der Waals surface area contributed by atoms with E-state index in [2.05, 4.69) is 32.9 Å². The van der Waals surface area contributed by atoms with E-state index in [1.807, 2.05) is 0 Å². The van der Waals surface area contributed by atoms with E-state index in [4.69, 9.17) is 14.2 Å². The predicted octanol–water partition coefficient (Wildman–Crippen LogP) is 18.9. The minimum absolute atomic E-state index is 0.0674. The summed E-state index contributed by atoms with van der Waals surface area (Å²) >= 11 is 0. The van der Waals surface area contributed by atoms with Crippen LogP contribution in [0.2, 0.25) is 0 Å². The molecule has 0 N–H and O–H groups in total. The molecule has 6 heteroatoms. The van der Waals surface area contributed by atoms with Gasteiger partial charge in [-0.05, 0) is 44.9 Å². The summed E-state index contributed by atoms with van der Waals surface area (Å²) in [4.78, 5) is 38.1. The quantitative estimate of drug-likeness (QED) is 0.0262. The summed E-state index contributed by atoms with van der Waals surface area (Å²) < 4.78 is 16.9. The van der Waals surface area contributed by atoms with Crippen LogP contribution >= 0.6 is 0 Å². The molecule has 0 saturated carbocycles. The van der Waals surface area contributed by atoms with Gasteiger partial charge in [-0.25, -0.2) is 0 Å². The van der Waals surface area contributed by atoms with E-state index in [0.29, 0.717) is 19.3 Å². The van der Waals surface area contributed by atoms with Gasteiger partial charge < -0.3 is 14.2 Å². The fraction of sp³-hybridized carbons (Fsp3) is 0.914. The molecule has 0 spiro atoms. The SMILES string of the molecule is CCCCCCCCC/C=C\CCCCCCCC(=O)OC(COC(=O)CCCCCCCCCCCCCCC)COC(=O)CCCCCCCCCCCCCCCCCCC. The van der Waals surface area contributed by atoms with Crippen molar-refractivity contribution >= 4 is 17.9 Å². The third-order valence-corrected chi connectivity index (χ3v) is 13.0. The fourth-order valence-electron chi connectivity index (χ4n) is 8.68. The van der Waals surface area contributed by atoms with Crippen LogP contribution in [0.1, 0.15) is 323 Å². The number of carbonyl (C=O) groups excluding carboxylic acids is 3. The molecule has 6 nitrogen and oxygen atoms in total. The topological polar surface area (TPSA) is 78.9 Å². The number of ether oxygens (including phenoxy) is 3. The molecule has 0 heterocycles. The highest BCUT2D eigenvalue weighted by Crippen LogP contribution is 2.17. The highest BCUT2D eigenvalue weighted by atomic mass is 16.6. The second-order valence-electron chi connectivity index (χ2n) is 19.6. The van der Waals surface area contributed by atoms with Crippen LogP contribution in [0.15, 0.2) is 12.2 Å². The molecule has 0 saturated heterocycles. The highest BCUT2D eigenvalue weighted by Gasteiger charge is 2.19. The van der Waals surface area contributed by atoms with Gasteiger partial charge in [-0.15, -0.1) is 0 Å². The maximum atomic E-state index is 12.8. The number of hydrogen-bond acceptors (Lipinski definition) is 6. The van der Waals surface area contributed by atoms with Gasteiger partial charge in [0.15, 0.2) is 6.10 Å². The van der Waals surface area contributed by atoms with E-state index in [9.17, 15) is 14.4 Å². The summed E-state index contributed by atoms with van der Waals surface area (Å²) in [5.74, 6) is -0.852. The maximum Gasteiger partial charge on any atom is 0.306 e. The van der Waals surface area contributed by atoms with Crippen molar-refractivity contribution in [3.8, 4) is 0 Å². The van der Waals surface area contributed by atoms with Gasteiger partial charge in [0.2, 0.25) is 0 Å². The molecule has 0 aromatic carbocycles. The first kappa shape index (κ1) is 62.1. The Hall–Kier alpha value is -1.85. The lowest BCUT2D eigenvalue weighted by Gasteiger charge is -2.18. The molecule has 378 valence electrons. The molecule has 0 aliphatic heterocycles. The summed E-state index contributed by atoms with van der Waals surface area (Å²) in [6, 6.07) is 0. The summed E-state index contributed by atoms with van der Waals surface area (Å²) in [6.45, 7) is 6.68. The first-order valence-electron chi connectivity index (χ1n) is 28.7. The Morgan fingerprint density at radius 3 is 0.781 bits per heavy atom. The lowest BCUT2D eigenvalue weighted by atomic mass is 10.0. The molecule has 0 aromatic heterocycles. The van der Waals surface area contributed by atoms with Crippen LogP contribution in [0.3, 0.4) is 0 Å². The van der Waals surface area contributed by atoms with E-state index in [1.165, 1.54) is 218 Å². The standard InChI is InChI=1S/C58H110O6/c1-4-7-10-13-16-19-22-25-27-29-31-33-36-39-42-45-48-51-57(60)63-54-55(53-62-56(59)50-47-44-41-38-35-32-24-21-18-15-12-9-6-3)64-58(61)52-49-46-43-40-37-34-30-28-26-23-20-17-14-11-8-5-2/h28,30,55H,4-27,29,31-54H2,1-3H3/b30-28-. The Kier molecular flexibility index (Phi) is 52.2. The smallest absolute Gasteiger partial charge is 0.306 e. The van der Waals surface area contributed by atoms with Gasteiger partial charge in [0.25, 0.3) is 0 Å². The molecule has 0 aliphatic rings. The first-order chi connectivity index (χ1) is 31.5. The van der Waals surface area contributed by atoms with Crippen molar-refractivity contribution in [1.29, 1.82) is 0 Å². The second kappa shape index (κ2) is 53.8. The maximum absolute atomic E-state index is 12.8. The molecule has 0 rings (SSSR count). The lowest BCUT2D eigenvalue weighted by molar-refractivity contribution is -0.167. The van der Waals surface area contributed by atoms with Crippen LogP contribution in [0.5, 0.6) is 0 Å². The molecular formula is C58H110O6. The van der Waals surface area contributed by atoms with Crippen LogP contribution in [-0.4, -0.2) is 37.2 Å². The largest absolute Gasteiger partial charge is 0.462 e. The predicted molar refractivity (Wildman–Crippen MR) is 275 cm³/mol. The monoisotopic (exact) mass is 903 g/mol. The van der Waals surface area contributed by atoms with Gasteiger partial charge in [0.1, 0.15) is 13.2 Å². The Labute approximate surface area is 399 Å². The molecule has 0 bridgehead atoms. The van der Waals surface area contributed by atoms with E-state index >= 15 is 0 Å². The Balaban J connectivity index is 4.31. The summed E-state index contributed by atoms with van der Waals surface area (Å²) in [5.41, 5.74) is 0. The van der Waals surface area contributed by atoms with Gasteiger partial charge in [-0.1, -0.05) is 270 Å². The van der Waals surface area contributed by atoms with E-state index in [-0.39, 0.29) is 31.1 Å². The van der Waals surface area contributed by atoms with Gasteiger partial charge in [0.05, 0.1) is 0 Å².